The predicted octanol–water partition coefficient (Wildman–Crippen LogP) is 2.58. The number of ether oxygens (including phenoxy) is 1. The fraction of sp³-hybridized carbons (Fsp3) is 0.286. The summed E-state index contributed by atoms with van der Waals surface area (Å²) in [5.74, 6) is -0.338. The molecule has 4 heteroatoms. The summed E-state index contributed by atoms with van der Waals surface area (Å²) in [6.45, 7) is 6.03. The Bertz CT molecular complexity index is 600. The van der Waals surface area contributed by atoms with E-state index in [1.54, 1.807) is 12.1 Å². The third-order valence-electron chi connectivity index (χ3n) is 3.16. The SMILES string of the molecule is COC(=O)c1cccc(-n2nc(C)c(C)c2C)c1. The number of aryl methyl sites for hydroxylation is 1. The lowest BCUT2D eigenvalue weighted by Gasteiger charge is -2.06. The van der Waals surface area contributed by atoms with Crippen molar-refractivity contribution < 1.29 is 9.53 Å². The van der Waals surface area contributed by atoms with Crippen molar-refractivity contribution in [2.75, 3.05) is 7.11 Å². The number of esters is 1. The van der Waals surface area contributed by atoms with E-state index in [0.717, 1.165) is 17.1 Å². The van der Waals surface area contributed by atoms with Gasteiger partial charge in [0.25, 0.3) is 0 Å². The van der Waals surface area contributed by atoms with E-state index >= 15 is 0 Å². The summed E-state index contributed by atoms with van der Waals surface area (Å²) in [6, 6.07) is 7.26. The molecule has 1 heterocycles. The van der Waals surface area contributed by atoms with E-state index in [4.69, 9.17) is 4.74 Å². The maximum atomic E-state index is 11.5. The van der Waals surface area contributed by atoms with Gasteiger partial charge in [-0.15, -0.1) is 0 Å². The summed E-state index contributed by atoms with van der Waals surface area (Å²) in [7, 11) is 1.38. The number of rotatable bonds is 2. The Morgan fingerprint density at radius 3 is 2.56 bits per heavy atom. The molecule has 4 nitrogen and oxygen atoms in total. The first-order valence-electron chi connectivity index (χ1n) is 5.76. The lowest BCUT2D eigenvalue weighted by Crippen LogP contribution is -2.04. The number of aromatic nitrogens is 2. The molecule has 0 aliphatic carbocycles. The molecule has 1 aromatic heterocycles. The van der Waals surface area contributed by atoms with Crippen molar-refractivity contribution in [1.29, 1.82) is 0 Å². The number of hydrogen-bond donors (Lipinski definition) is 0. The van der Waals surface area contributed by atoms with Crippen LogP contribution < -0.4 is 0 Å². The Kier molecular flexibility index (Phi) is 3.19. The Balaban J connectivity index is 2.51. The minimum Gasteiger partial charge on any atom is -0.465 e. The third kappa shape index (κ3) is 2.01. The minimum absolute atomic E-state index is 0.338. The molecule has 0 amide bonds. The summed E-state index contributed by atoms with van der Waals surface area (Å²) >= 11 is 0. The fourth-order valence-electron chi connectivity index (χ4n) is 1.85. The Labute approximate surface area is 106 Å². The Morgan fingerprint density at radius 1 is 1.28 bits per heavy atom. The zero-order valence-electron chi connectivity index (χ0n) is 11.0. The van der Waals surface area contributed by atoms with Gasteiger partial charge in [-0.1, -0.05) is 6.07 Å². The molecule has 0 spiro atoms. The highest BCUT2D eigenvalue weighted by atomic mass is 16.5. The molecule has 18 heavy (non-hydrogen) atoms. The highest BCUT2D eigenvalue weighted by Gasteiger charge is 2.11. The Hall–Kier alpha value is -2.10. The van der Waals surface area contributed by atoms with Crippen LogP contribution >= 0.6 is 0 Å². The van der Waals surface area contributed by atoms with Gasteiger partial charge in [-0.3, -0.25) is 0 Å². The number of carbonyl (C=O) groups excluding carboxylic acids is 1. The molecular weight excluding hydrogens is 228 g/mol. The molecule has 0 saturated heterocycles. The van der Waals surface area contributed by atoms with Gasteiger partial charge < -0.3 is 4.74 Å². The van der Waals surface area contributed by atoms with Gasteiger partial charge in [-0.05, 0) is 44.5 Å². The topological polar surface area (TPSA) is 44.1 Å². The number of hydrogen-bond acceptors (Lipinski definition) is 3. The zero-order valence-corrected chi connectivity index (χ0v) is 11.0. The molecule has 0 bridgehead atoms. The summed E-state index contributed by atoms with van der Waals surface area (Å²) < 4.78 is 6.56. The quantitative estimate of drug-likeness (QED) is 0.763. The van der Waals surface area contributed by atoms with Gasteiger partial charge in [-0.2, -0.15) is 5.10 Å². The highest BCUT2D eigenvalue weighted by molar-refractivity contribution is 5.89. The van der Waals surface area contributed by atoms with E-state index in [9.17, 15) is 4.79 Å². The number of methoxy groups -OCH3 is 1. The second-order valence-electron chi connectivity index (χ2n) is 4.25. The zero-order chi connectivity index (χ0) is 13.3. The summed E-state index contributed by atoms with van der Waals surface area (Å²) in [4.78, 5) is 11.5. The van der Waals surface area contributed by atoms with Crippen LogP contribution in [0.5, 0.6) is 0 Å². The molecule has 0 unspecified atom stereocenters. The third-order valence-corrected chi connectivity index (χ3v) is 3.16. The molecule has 0 atom stereocenters. The van der Waals surface area contributed by atoms with E-state index in [-0.39, 0.29) is 5.97 Å². The van der Waals surface area contributed by atoms with Crippen LogP contribution in [0.3, 0.4) is 0 Å². The van der Waals surface area contributed by atoms with Gasteiger partial charge in [0.1, 0.15) is 0 Å². The van der Waals surface area contributed by atoms with Crippen LogP contribution in [0.25, 0.3) is 5.69 Å². The fourth-order valence-corrected chi connectivity index (χ4v) is 1.85. The van der Waals surface area contributed by atoms with Crippen LogP contribution in [-0.4, -0.2) is 22.9 Å². The lowest BCUT2D eigenvalue weighted by atomic mass is 10.2. The molecule has 0 fully saturated rings. The second kappa shape index (κ2) is 4.64. The van der Waals surface area contributed by atoms with Crippen molar-refractivity contribution in [3.8, 4) is 5.69 Å². The van der Waals surface area contributed by atoms with E-state index in [1.807, 2.05) is 37.6 Å². The van der Waals surface area contributed by atoms with Crippen molar-refractivity contribution in [2.24, 2.45) is 0 Å². The van der Waals surface area contributed by atoms with Crippen molar-refractivity contribution in [3.63, 3.8) is 0 Å². The molecule has 1 aromatic carbocycles. The normalized spacial score (nSPS) is 10.4. The summed E-state index contributed by atoms with van der Waals surface area (Å²) in [6.07, 6.45) is 0. The molecule has 0 aliphatic heterocycles. The van der Waals surface area contributed by atoms with Crippen molar-refractivity contribution in [3.05, 3.63) is 46.8 Å². The first-order valence-corrected chi connectivity index (χ1v) is 5.76. The molecule has 2 rings (SSSR count). The summed E-state index contributed by atoms with van der Waals surface area (Å²) in [5, 5.41) is 4.47. The average Bonchev–Trinajstić information content (AvgIpc) is 2.66. The predicted molar refractivity (Wildman–Crippen MR) is 69.1 cm³/mol. The maximum Gasteiger partial charge on any atom is 0.337 e. The molecular formula is C14H16N2O2. The second-order valence-corrected chi connectivity index (χ2v) is 4.25. The van der Waals surface area contributed by atoms with Crippen molar-refractivity contribution in [2.45, 2.75) is 20.8 Å². The maximum absolute atomic E-state index is 11.5. The smallest absolute Gasteiger partial charge is 0.337 e. The van der Waals surface area contributed by atoms with E-state index in [1.165, 1.54) is 12.7 Å². The minimum atomic E-state index is -0.338. The number of benzene rings is 1. The molecule has 0 aliphatic rings. The van der Waals surface area contributed by atoms with E-state index < -0.39 is 0 Å². The van der Waals surface area contributed by atoms with Gasteiger partial charge >= 0.3 is 5.97 Å². The van der Waals surface area contributed by atoms with Crippen molar-refractivity contribution in [1.82, 2.24) is 9.78 Å². The molecule has 0 radical (unpaired) electrons. The molecule has 2 aromatic rings. The molecule has 94 valence electrons. The van der Waals surface area contributed by atoms with Gasteiger partial charge in [0.05, 0.1) is 24.1 Å². The van der Waals surface area contributed by atoms with E-state index in [2.05, 4.69) is 5.10 Å². The van der Waals surface area contributed by atoms with Crippen LogP contribution in [0.4, 0.5) is 0 Å². The standard InChI is InChI=1S/C14H16N2O2/c1-9-10(2)15-16(11(9)3)13-7-5-6-12(8-13)14(17)18-4/h5-8H,1-4H3. The average molecular weight is 244 g/mol. The van der Waals surface area contributed by atoms with Gasteiger partial charge in [0.15, 0.2) is 0 Å². The first-order chi connectivity index (χ1) is 8.54. The molecule has 0 saturated carbocycles. The number of nitrogens with zero attached hydrogens (tertiary/aromatic N) is 2. The Morgan fingerprint density at radius 2 is 2.00 bits per heavy atom. The van der Waals surface area contributed by atoms with Crippen LogP contribution in [0.1, 0.15) is 27.3 Å². The number of carbonyl (C=O) groups is 1. The lowest BCUT2D eigenvalue weighted by molar-refractivity contribution is 0.0600. The van der Waals surface area contributed by atoms with Crippen LogP contribution in [0, 0.1) is 20.8 Å². The highest BCUT2D eigenvalue weighted by Crippen LogP contribution is 2.18. The first kappa shape index (κ1) is 12.4. The van der Waals surface area contributed by atoms with Gasteiger partial charge in [0, 0.05) is 5.69 Å². The largest absolute Gasteiger partial charge is 0.465 e. The van der Waals surface area contributed by atoms with Gasteiger partial charge in [0.2, 0.25) is 0 Å². The summed E-state index contributed by atoms with van der Waals surface area (Å²) in [5.41, 5.74) is 4.63. The monoisotopic (exact) mass is 244 g/mol. The molecule has 0 N–H and O–H groups in total. The van der Waals surface area contributed by atoms with Crippen molar-refractivity contribution >= 4 is 5.97 Å². The van der Waals surface area contributed by atoms with E-state index in [0.29, 0.717) is 5.56 Å². The van der Waals surface area contributed by atoms with Crippen LogP contribution in [0.15, 0.2) is 24.3 Å². The van der Waals surface area contributed by atoms with Gasteiger partial charge in [-0.25, -0.2) is 9.48 Å². The van der Waals surface area contributed by atoms with Crippen LogP contribution in [0.2, 0.25) is 0 Å². The van der Waals surface area contributed by atoms with Crippen LogP contribution in [-0.2, 0) is 4.74 Å².